The van der Waals surface area contributed by atoms with E-state index in [9.17, 15) is 18.0 Å². The number of halogens is 3. The lowest BCUT2D eigenvalue weighted by Crippen LogP contribution is -2.19. The van der Waals surface area contributed by atoms with Crippen LogP contribution in [0.15, 0.2) is 18.2 Å². The highest BCUT2D eigenvalue weighted by atomic mass is 19.4. The van der Waals surface area contributed by atoms with Crippen LogP contribution in [0.2, 0.25) is 0 Å². The standard InChI is InChI=1S/C11H12F3NO3/c1-7-8(3-2-4-9(7)15)10(16)17-5-6-18-11(12,13)14/h2-4H,5-6,15H2,1H3. The van der Waals surface area contributed by atoms with Gasteiger partial charge in [-0.25, -0.2) is 4.79 Å². The number of alkyl halides is 3. The molecule has 0 spiro atoms. The summed E-state index contributed by atoms with van der Waals surface area (Å²) in [5.41, 5.74) is 6.75. The van der Waals surface area contributed by atoms with Crippen LogP contribution in [0.4, 0.5) is 18.9 Å². The molecule has 100 valence electrons. The molecule has 0 radical (unpaired) electrons. The molecule has 0 aliphatic rings. The van der Waals surface area contributed by atoms with E-state index in [1.165, 1.54) is 6.07 Å². The van der Waals surface area contributed by atoms with Gasteiger partial charge in [0.2, 0.25) is 0 Å². The third kappa shape index (κ3) is 4.25. The molecule has 4 nitrogen and oxygen atoms in total. The minimum absolute atomic E-state index is 0.224. The van der Waals surface area contributed by atoms with Crippen molar-refractivity contribution in [2.45, 2.75) is 13.3 Å². The van der Waals surface area contributed by atoms with Crippen molar-refractivity contribution in [1.29, 1.82) is 0 Å². The molecule has 1 aromatic carbocycles. The molecule has 0 bridgehead atoms. The molecule has 0 aliphatic carbocycles. The molecule has 0 aliphatic heterocycles. The largest absolute Gasteiger partial charge is 0.522 e. The maximum Gasteiger partial charge on any atom is 0.522 e. The lowest BCUT2D eigenvalue weighted by atomic mass is 10.1. The van der Waals surface area contributed by atoms with Gasteiger partial charge in [0.1, 0.15) is 6.61 Å². The zero-order valence-electron chi connectivity index (χ0n) is 9.58. The second-order valence-corrected chi connectivity index (χ2v) is 3.45. The highest BCUT2D eigenvalue weighted by Gasteiger charge is 2.28. The van der Waals surface area contributed by atoms with Gasteiger partial charge in [-0.1, -0.05) is 6.07 Å². The van der Waals surface area contributed by atoms with Gasteiger partial charge in [0.05, 0.1) is 12.2 Å². The van der Waals surface area contributed by atoms with Gasteiger partial charge in [-0.15, -0.1) is 13.2 Å². The predicted molar refractivity (Wildman–Crippen MR) is 57.9 cm³/mol. The Hall–Kier alpha value is -1.76. The average Bonchev–Trinajstić information content (AvgIpc) is 2.26. The molecule has 0 atom stereocenters. The quantitative estimate of drug-likeness (QED) is 0.514. The van der Waals surface area contributed by atoms with Crippen LogP contribution in [0, 0.1) is 6.92 Å². The molecule has 0 fully saturated rings. The van der Waals surface area contributed by atoms with Gasteiger partial charge in [0.25, 0.3) is 0 Å². The van der Waals surface area contributed by atoms with Crippen LogP contribution in [0.25, 0.3) is 0 Å². The highest BCUT2D eigenvalue weighted by molar-refractivity contribution is 5.92. The molecule has 0 heterocycles. The lowest BCUT2D eigenvalue weighted by Gasteiger charge is -2.10. The van der Waals surface area contributed by atoms with E-state index < -0.39 is 25.5 Å². The topological polar surface area (TPSA) is 61.6 Å². The number of nitrogen functional groups attached to an aromatic ring is 1. The summed E-state index contributed by atoms with van der Waals surface area (Å²) < 4.78 is 43.0. The van der Waals surface area contributed by atoms with Crippen LogP contribution < -0.4 is 5.73 Å². The number of benzene rings is 1. The zero-order chi connectivity index (χ0) is 13.8. The molecule has 0 unspecified atom stereocenters. The van der Waals surface area contributed by atoms with Crippen LogP contribution in [0.1, 0.15) is 15.9 Å². The first-order chi connectivity index (χ1) is 8.31. The molecular formula is C11H12F3NO3. The summed E-state index contributed by atoms with van der Waals surface area (Å²) in [7, 11) is 0. The first kappa shape index (κ1) is 14.3. The lowest BCUT2D eigenvalue weighted by molar-refractivity contribution is -0.326. The summed E-state index contributed by atoms with van der Waals surface area (Å²) in [4.78, 5) is 11.5. The Morgan fingerprint density at radius 2 is 2.00 bits per heavy atom. The van der Waals surface area contributed by atoms with Crippen molar-refractivity contribution in [2.24, 2.45) is 0 Å². The SMILES string of the molecule is Cc1c(N)cccc1C(=O)OCCOC(F)(F)F. The van der Waals surface area contributed by atoms with Crippen molar-refractivity contribution in [3.05, 3.63) is 29.3 Å². The van der Waals surface area contributed by atoms with Crippen LogP contribution in [0.5, 0.6) is 0 Å². The van der Waals surface area contributed by atoms with E-state index in [2.05, 4.69) is 9.47 Å². The Morgan fingerprint density at radius 3 is 2.61 bits per heavy atom. The fourth-order valence-electron chi connectivity index (χ4n) is 1.24. The third-order valence-electron chi connectivity index (χ3n) is 2.18. The number of ether oxygens (including phenoxy) is 2. The second kappa shape index (κ2) is 5.72. The van der Waals surface area contributed by atoms with E-state index in [0.29, 0.717) is 11.3 Å². The number of carbonyl (C=O) groups is 1. The average molecular weight is 263 g/mol. The number of nitrogens with two attached hydrogens (primary N) is 1. The zero-order valence-corrected chi connectivity index (χ0v) is 9.58. The molecule has 0 aromatic heterocycles. The molecule has 1 aromatic rings. The van der Waals surface area contributed by atoms with Crippen LogP contribution in [-0.2, 0) is 9.47 Å². The summed E-state index contributed by atoms with van der Waals surface area (Å²) in [5, 5.41) is 0. The third-order valence-corrected chi connectivity index (χ3v) is 2.18. The van der Waals surface area contributed by atoms with Gasteiger partial charge in [0, 0.05) is 5.69 Å². The molecule has 18 heavy (non-hydrogen) atoms. The van der Waals surface area contributed by atoms with Crippen molar-refractivity contribution in [3.63, 3.8) is 0 Å². The Labute approximate surface area is 101 Å². The van der Waals surface area contributed by atoms with Gasteiger partial charge in [-0.05, 0) is 24.6 Å². The number of hydrogen-bond acceptors (Lipinski definition) is 4. The van der Waals surface area contributed by atoms with Crippen molar-refractivity contribution in [2.75, 3.05) is 18.9 Å². The molecule has 2 N–H and O–H groups in total. The van der Waals surface area contributed by atoms with Crippen LogP contribution >= 0.6 is 0 Å². The fraction of sp³-hybridized carbons (Fsp3) is 0.364. The molecule has 0 amide bonds. The van der Waals surface area contributed by atoms with E-state index in [0.717, 1.165) is 0 Å². The summed E-state index contributed by atoms with van der Waals surface area (Å²) in [6.45, 7) is 0.404. The van der Waals surface area contributed by atoms with E-state index in [1.807, 2.05) is 0 Å². The predicted octanol–water partition coefficient (Wildman–Crippen LogP) is 2.27. The number of esters is 1. The van der Waals surface area contributed by atoms with Gasteiger partial charge < -0.3 is 10.5 Å². The molecule has 0 saturated heterocycles. The molecule has 1 rings (SSSR count). The molecule has 0 saturated carbocycles. The minimum atomic E-state index is -4.72. The van der Waals surface area contributed by atoms with E-state index >= 15 is 0 Å². The van der Waals surface area contributed by atoms with E-state index in [1.54, 1.807) is 19.1 Å². The van der Waals surface area contributed by atoms with Gasteiger partial charge >= 0.3 is 12.3 Å². The summed E-state index contributed by atoms with van der Waals surface area (Å²) in [5.74, 6) is -0.731. The number of hydrogen-bond donors (Lipinski definition) is 1. The monoisotopic (exact) mass is 263 g/mol. The first-order valence-corrected chi connectivity index (χ1v) is 5.04. The second-order valence-electron chi connectivity index (χ2n) is 3.45. The molecular weight excluding hydrogens is 251 g/mol. The smallest absolute Gasteiger partial charge is 0.460 e. The van der Waals surface area contributed by atoms with Gasteiger partial charge in [-0.3, -0.25) is 4.74 Å². The van der Waals surface area contributed by atoms with Crippen molar-refractivity contribution in [1.82, 2.24) is 0 Å². The minimum Gasteiger partial charge on any atom is -0.460 e. The Balaban J connectivity index is 2.49. The maximum absolute atomic E-state index is 11.6. The van der Waals surface area contributed by atoms with Crippen molar-refractivity contribution >= 4 is 11.7 Å². The summed E-state index contributed by atoms with van der Waals surface area (Å²) in [6.07, 6.45) is -4.72. The van der Waals surface area contributed by atoms with Gasteiger partial charge in [0.15, 0.2) is 0 Å². The molecule has 7 heteroatoms. The van der Waals surface area contributed by atoms with Crippen LogP contribution in [-0.4, -0.2) is 25.5 Å². The summed E-state index contributed by atoms with van der Waals surface area (Å²) in [6, 6.07) is 4.66. The van der Waals surface area contributed by atoms with Crippen molar-refractivity contribution < 1.29 is 27.4 Å². The number of carbonyl (C=O) groups excluding carboxylic acids is 1. The van der Waals surface area contributed by atoms with Crippen LogP contribution in [0.3, 0.4) is 0 Å². The highest BCUT2D eigenvalue weighted by Crippen LogP contribution is 2.17. The number of rotatable bonds is 4. The van der Waals surface area contributed by atoms with E-state index in [-0.39, 0.29) is 5.56 Å². The van der Waals surface area contributed by atoms with Crippen molar-refractivity contribution in [3.8, 4) is 0 Å². The normalized spacial score (nSPS) is 11.3. The Morgan fingerprint density at radius 1 is 1.33 bits per heavy atom. The first-order valence-electron chi connectivity index (χ1n) is 5.04. The van der Waals surface area contributed by atoms with Gasteiger partial charge in [-0.2, -0.15) is 0 Å². The number of anilines is 1. The van der Waals surface area contributed by atoms with E-state index in [4.69, 9.17) is 5.73 Å². The maximum atomic E-state index is 11.6. The fourth-order valence-corrected chi connectivity index (χ4v) is 1.24. The Kier molecular flexibility index (Phi) is 4.55. The Bertz CT molecular complexity index is 432. The summed E-state index contributed by atoms with van der Waals surface area (Å²) >= 11 is 0.